The number of hydrogen-bond donors (Lipinski definition) is 1. The molecule has 2 rings (SSSR count). The summed E-state index contributed by atoms with van der Waals surface area (Å²) in [5, 5.41) is 0. The molecule has 0 fully saturated rings. The average molecular weight is 418 g/mol. The number of H-pyrrole nitrogens is 1. The number of methoxy groups -OCH3 is 1. The quantitative estimate of drug-likeness (QED) is 0.771. The van der Waals surface area contributed by atoms with Crippen molar-refractivity contribution in [3.05, 3.63) is 59.7 Å². The number of Topliss-reactive ketones (excluding diaryl/α,β-unsaturated/α-hetero) is 1. The Hall–Kier alpha value is -1.67. The Bertz CT molecular complexity index is 811. The van der Waals surface area contributed by atoms with Gasteiger partial charge in [0.15, 0.2) is 5.78 Å². The van der Waals surface area contributed by atoms with Crippen LogP contribution in [0.4, 0.5) is 0 Å². The third-order valence-corrected chi connectivity index (χ3v) is 3.94. The van der Waals surface area contributed by atoms with Crippen LogP contribution in [0.3, 0.4) is 0 Å². The summed E-state index contributed by atoms with van der Waals surface area (Å²) in [7, 11) is 1.53. The van der Waals surface area contributed by atoms with Gasteiger partial charge in [-0.05, 0) is 50.1 Å². The minimum atomic E-state index is -0.635. The molecule has 21 heavy (non-hydrogen) atoms. The predicted molar refractivity (Wildman–Crippen MR) is 84.0 cm³/mol. The summed E-state index contributed by atoms with van der Waals surface area (Å²) in [4.78, 5) is 37.2. The Morgan fingerprint density at radius 1 is 1.29 bits per heavy atom. The highest BCUT2D eigenvalue weighted by molar-refractivity contribution is 9.10. The van der Waals surface area contributed by atoms with Gasteiger partial charge in [-0.15, -0.1) is 0 Å². The molecule has 1 heterocycles. The fourth-order valence-electron chi connectivity index (χ4n) is 1.69. The van der Waals surface area contributed by atoms with Crippen molar-refractivity contribution in [3.8, 4) is 5.75 Å². The van der Waals surface area contributed by atoms with Gasteiger partial charge in [-0.2, -0.15) is 0 Å². The van der Waals surface area contributed by atoms with Crippen LogP contribution in [0.25, 0.3) is 0 Å². The highest BCUT2D eigenvalue weighted by Gasteiger charge is 2.11. The van der Waals surface area contributed by atoms with Gasteiger partial charge in [0, 0.05) is 11.8 Å². The standard InChI is InChI=1S/C13H10Br2N2O4/c1-21-11-3-2-7(4-8(11)14)10(18)6-17-5-9(15)12(19)16-13(17)20/h2-5H,6H2,1H3,(H,16,19,20). The van der Waals surface area contributed by atoms with Crippen molar-refractivity contribution in [2.75, 3.05) is 7.11 Å². The average Bonchev–Trinajstić information content (AvgIpc) is 2.44. The highest BCUT2D eigenvalue weighted by Crippen LogP contribution is 2.25. The molecule has 0 unspecified atom stereocenters. The Labute approximate surface area is 136 Å². The third kappa shape index (κ3) is 3.51. The summed E-state index contributed by atoms with van der Waals surface area (Å²) in [6.07, 6.45) is 1.29. The summed E-state index contributed by atoms with van der Waals surface area (Å²) in [6.45, 7) is -0.174. The molecule has 0 amide bonds. The fraction of sp³-hybridized carbons (Fsp3) is 0.154. The number of carbonyl (C=O) groups excluding carboxylic acids is 1. The van der Waals surface area contributed by atoms with Gasteiger partial charge in [0.05, 0.1) is 22.6 Å². The van der Waals surface area contributed by atoms with Gasteiger partial charge in [-0.3, -0.25) is 19.1 Å². The predicted octanol–water partition coefficient (Wildman–Crippen LogP) is 1.95. The molecule has 0 aliphatic carbocycles. The van der Waals surface area contributed by atoms with Gasteiger partial charge in [0.2, 0.25) is 0 Å². The number of nitrogens with zero attached hydrogens (tertiary/aromatic N) is 1. The van der Waals surface area contributed by atoms with Gasteiger partial charge in [0.1, 0.15) is 5.75 Å². The van der Waals surface area contributed by atoms with Crippen molar-refractivity contribution in [1.82, 2.24) is 9.55 Å². The summed E-state index contributed by atoms with van der Waals surface area (Å²) in [5.74, 6) is 0.343. The molecule has 6 nitrogen and oxygen atoms in total. The van der Waals surface area contributed by atoms with E-state index in [2.05, 4.69) is 36.8 Å². The van der Waals surface area contributed by atoms with Crippen LogP contribution in [0.2, 0.25) is 0 Å². The molecule has 0 bridgehead atoms. The van der Waals surface area contributed by atoms with Crippen molar-refractivity contribution in [2.45, 2.75) is 6.54 Å². The van der Waals surface area contributed by atoms with E-state index in [-0.39, 0.29) is 16.8 Å². The van der Waals surface area contributed by atoms with Gasteiger partial charge in [0.25, 0.3) is 5.56 Å². The molecule has 1 N–H and O–H groups in total. The molecule has 0 saturated heterocycles. The van der Waals surface area contributed by atoms with Gasteiger partial charge < -0.3 is 4.74 Å². The summed E-state index contributed by atoms with van der Waals surface area (Å²) in [5.41, 5.74) is -0.739. The minimum Gasteiger partial charge on any atom is -0.496 e. The van der Waals surface area contributed by atoms with E-state index in [1.165, 1.54) is 13.3 Å². The maximum Gasteiger partial charge on any atom is 0.328 e. The number of hydrogen-bond acceptors (Lipinski definition) is 4. The molecule has 1 aromatic heterocycles. The first-order valence-electron chi connectivity index (χ1n) is 5.78. The first kappa shape index (κ1) is 15.7. The maximum atomic E-state index is 12.2. The lowest BCUT2D eigenvalue weighted by atomic mass is 10.1. The van der Waals surface area contributed by atoms with Gasteiger partial charge >= 0.3 is 5.69 Å². The molecule has 0 radical (unpaired) electrons. The van der Waals surface area contributed by atoms with E-state index in [1.807, 2.05) is 0 Å². The SMILES string of the molecule is COc1ccc(C(=O)Cn2cc(Br)c(=O)[nH]c2=O)cc1Br. The molecular formula is C13H10Br2N2O4. The number of rotatable bonds is 4. The molecule has 1 aromatic carbocycles. The minimum absolute atomic E-state index is 0.174. The van der Waals surface area contributed by atoms with E-state index in [4.69, 9.17) is 4.74 Å². The molecule has 0 aliphatic heterocycles. The van der Waals surface area contributed by atoms with Crippen LogP contribution in [-0.4, -0.2) is 22.4 Å². The molecule has 0 atom stereocenters. The lowest BCUT2D eigenvalue weighted by Crippen LogP contribution is -2.31. The van der Waals surface area contributed by atoms with E-state index < -0.39 is 11.2 Å². The van der Waals surface area contributed by atoms with Crippen LogP contribution in [0, 0.1) is 0 Å². The van der Waals surface area contributed by atoms with E-state index >= 15 is 0 Å². The molecular weight excluding hydrogens is 408 g/mol. The van der Waals surface area contributed by atoms with Gasteiger partial charge in [-0.25, -0.2) is 4.79 Å². The number of ketones is 1. The Balaban J connectivity index is 2.30. The first-order chi connectivity index (χ1) is 9.92. The number of aromatic amines is 1. The smallest absolute Gasteiger partial charge is 0.328 e. The van der Waals surface area contributed by atoms with Crippen LogP contribution in [0.5, 0.6) is 5.75 Å². The van der Waals surface area contributed by atoms with E-state index in [0.717, 1.165) is 4.57 Å². The number of halogens is 2. The zero-order valence-electron chi connectivity index (χ0n) is 10.9. The fourth-order valence-corrected chi connectivity index (χ4v) is 2.57. The number of nitrogens with one attached hydrogen (secondary N) is 1. The lowest BCUT2D eigenvalue weighted by Gasteiger charge is -2.07. The van der Waals surface area contributed by atoms with E-state index in [1.54, 1.807) is 18.2 Å². The second-order valence-corrected chi connectivity index (χ2v) is 5.85. The Kier molecular flexibility index (Phi) is 4.79. The van der Waals surface area contributed by atoms with Crippen LogP contribution < -0.4 is 16.0 Å². The first-order valence-corrected chi connectivity index (χ1v) is 7.37. The monoisotopic (exact) mass is 416 g/mol. The summed E-state index contributed by atoms with van der Waals surface area (Å²) >= 11 is 6.31. The number of aromatic nitrogens is 2. The molecule has 110 valence electrons. The van der Waals surface area contributed by atoms with E-state index in [0.29, 0.717) is 15.8 Å². The number of carbonyl (C=O) groups is 1. The molecule has 0 aliphatic rings. The Morgan fingerprint density at radius 3 is 2.62 bits per heavy atom. The second-order valence-electron chi connectivity index (χ2n) is 4.14. The van der Waals surface area contributed by atoms with Crippen molar-refractivity contribution in [3.63, 3.8) is 0 Å². The van der Waals surface area contributed by atoms with Crippen molar-refractivity contribution in [1.29, 1.82) is 0 Å². The van der Waals surface area contributed by atoms with Crippen LogP contribution in [0.1, 0.15) is 10.4 Å². The molecule has 0 spiro atoms. The summed E-state index contributed by atoms with van der Waals surface area (Å²) in [6, 6.07) is 4.88. The zero-order chi connectivity index (χ0) is 15.6. The van der Waals surface area contributed by atoms with Crippen LogP contribution in [0.15, 0.2) is 42.9 Å². The maximum absolute atomic E-state index is 12.2. The molecule has 2 aromatic rings. The van der Waals surface area contributed by atoms with Crippen LogP contribution >= 0.6 is 31.9 Å². The van der Waals surface area contributed by atoms with Gasteiger partial charge in [-0.1, -0.05) is 0 Å². The largest absolute Gasteiger partial charge is 0.496 e. The highest BCUT2D eigenvalue weighted by atomic mass is 79.9. The number of benzene rings is 1. The lowest BCUT2D eigenvalue weighted by molar-refractivity contribution is 0.0970. The summed E-state index contributed by atoms with van der Waals surface area (Å²) < 4.78 is 7.05. The van der Waals surface area contributed by atoms with Crippen molar-refractivity contribution < 1.29 is 9.53 Å². The number of ether oxygens (including phenoxy) is 1. The Morgan fingerprint density at radius 2 is 2.00 bits per heavy atom. The third-order valence-electron chi connectivity index (χ3n) is 2.76. The van der Waals surface area contributed by atoms with Crippen molar-refractivity contribution in [2.24, 2.45) is 0 Å². The normalized spacial score (nSPS) is 10.4. The second kappa shape index (κ2) is 6.40. The zero-order valence-corrected chi connectivity index (χ0v) is 14.0. The van der Waals surface area contributed by atoms with Crippen LogP contribution in [-0.2, 0) is 6.54 Å². The van der Waals surface area contributed by atoms with Crippen molar-refractivity contribution >= 4 is 37.6 Å². The van der Waals surface area contributed by atoms with E-state index in [9.17, 15) is 14.4 Å². The molecule has 8 heteroatoms. The molecule has 0 saturated carbocycles. The topological polar surface area (TPSA) is 81.2 Å².